The van der Waals surface area contributed by atoms with Crippen molar-refractivity contribution in [2.24, 2.45) is 0 Å². The zero-order valence-electron chi connectivity index (χ0n) is 8.16. The smallest absolute Gasteiger partial charge is 0.358 e. The molecular weight excluding hydrogens is 212 g/mol. The Morgan fingerprint density at radius 1 is 1.38 bits per heavy atom. The molecule has 1 N–H and O–H groups in total. The highest BCUT2D eigenvalue weighted by molar-refractivity contribution is 5.16. The molecule has 1 aromatic heterocycles. The third-order valence-electron chi connectivity index (χ3n) is 2.07. The van der Waals surface area contributed by atoms with Crippen LogP contribution in [0, 0.1) is 10.1 Å². The Balaban J connectivity index is 2.30. The summed E-state index contributed by atoms with van der Waals surface area (Å²) in [4.78, 5) is 21.0. The summed E-state index contributed by atoms with van der Waals surface area (Å²) in [5.74, 6) is -0.684. The highest BCUT2D eigenvalue weighted by Gasteiger charge is 2.19. The van der Waals surface area contributed by atoms with Crippen LogP contribution in [0.5, 0.6) is 0 Å². The van der Waals surface area contributed by atoms with Crippen molar-refractivity contribution in [3.63, 3.8) is 0 Å². The van der Waals surface area contributed by atoms with Gasteiger partial charge in [-0.25, -0.2) is 4.68 Å². The molecule has 82 valence electrons. The summed E-state index contributed by atoms with van der Waals surface area (Å²) in [7, 11) is 0. The summed E-state index contributed by atoms with van der Waals surface area (Å²) in [6.45, 7) is 0.237. The summed E-state index contributed by atoms with van der Waals surface area (Å²) in [6.07, 6.45) is 0. The molecule has 1 heterocycles. The van der Waals surface area contributed by atoms with E-state index in [2.05, 4.69) is 10.3 Å². The highest BCUT2D eigenvalue weighted by Crippen LogP contribution is 2.01. The number of H-pyrrole nitrogens is 1. The number of benzene rings is 1. The Morgan fingerprint density at radius 2 is 2.06 bits per heavy atom. The molecule has 1 aromatic carbocycles. The quantitative estimate of drug-likeness (QED) is 0.602. The van der Waals surface area contributed by atoms with Crippen LogP contribution in [0.15, 0.2) is 35.1 Å². The van der Waals surface area contributed by atoms with Crippen LogP contribution in [0.2, 0.25) is 0 Å². The van der Waals surface area contributed by atoms with Crippen LogP contribution in [0.3, 0.4) is 0 Å². The van der Waals surface area contributed by atoms with Crippen molar-refractivity contribution in [3.05, 3.63) is 56.4 Å². The average Bonchev–Trinajstić information content (AvgIpc) is 2.62. The summed E-state index contributed by atoms with van der Waals surface area (Å²) in [5.41, 5.74) is 0.136. The molecule has 0 atom stereocenters. The van der Waals surface area contributed by atoms with Gasteiger partial charge < -0.3 is 10.1 Å². The van der Waals surface area contributed by atoms with Crippen molar-refractivity contribution < 1.29 is 4.92 Å². The summed E-state index contributed by atoms with van der Waals surface area (Å²) < 4.78 is 1.09. The molecule has 0 fully saturated rings. The third kappa shape index (κ3) is 1.83. The Labute approximate surface area is 89.5 Å². The lowest BCUT2D eigenvalue weighted by Gasteiger charge is -1.97. The summed E-state index contributed by atoms with van der Waals surface area (Å²) in [5, 5.41) is 16.1. The maximum Gasteiger partial charge on any atom is 0.456 e. The van der Waals surface area contributed by atoms with E-state index in [1.54, 1.807) is 0 Å². The minimum Gasteiger partial charge on any atom is -0.358 e. The van der Waals surface area contributed by atoms with Gasteiger partial charge in [-0.1, -0.05) is 30.3 Å². The van der Waals surface area contributed by atoms with Crippen LogP contribution in [-0.4, -0.2) is 19.9 Å². The molecule has 16 heavy (non-hydrogen) atoms. The minimum absolute atomic E-state index is 0.237. The van der Waals surface area contributed by atoms with Gasteiger partial charge in [0.2, 0.25) is 0 Å². The molecule has 0 aliphatic rings. The Morgan fingerprint density at radius 3 is 2.62 bits per heavy atom. The molecule has 0 aliphatic heterocycles. The predicted molar refractivity (Wildman–Crippen MR) is 55.0 cm³/mol. The van der Waals surface area contributed by atoms with Gasteiger partial charge in [0.25, 0.3) is 0 Å². The summed E-state index contributed by atoms with van der Waals surface area (Å²) >= 11 is 0. The number of hydrogen-bond donors (Lipinski definition) is 1. The van der Waals surface area contributed by atoms with Crippen molar-refractivity contribution >= 4 is 5.82 Å². The maximum absolute atomic E-state index is 11.4. The van der Waals surface area contributed by atoms with E-state index in [4.69, 9.17) is 0 Å². The van der Waals surface area contributed by atoms with Gasteiger partial charge in [0.1, 0.15) is 0 Å². The zero-order chi connectivity index (χ0) is 11.5. The number of nitrogens with one attached hydrogen (secondary N) is 1. The van der Waals surface area contributed by atoms with Crippen molar-refractivity contribution in [2.45, 2.75) is 6.54 Å². The van der Waals surface area contributed by atoms with Crippen LogP contribution in [0.1, 0.15) is 5.56 Å². The van der Waals surface area contributed by atoms with Gasteiger partial charge >= 0.3 is 11.4 Å². The van der Waals surface area contributed by atoms with Crippen molar-refractivity contribution in [3.8, 4) is 0 Å². The van der Waals surface area contributed by atoms with E-state index >= 15 is 0 Å². The van der Waals surface area contributed by atoms with Gasteiger partial charge in [-0.2, -0.15) is 0 Å². The van der Waals surface area contributed by atoms with E-state index in [1.807, 2.05) is 30.3 Å². The lowest BCUT2D eigenvalue weighted by molar-refractivity contribution is -0.390. The first-order valence-electron chi connectivity index (χ1n) is 4.52. The first-order valence-corrected chi connectivity index (χ1v) is 4.52. The summed E-state index contributed by atoms with van der Waals surface area (Å²) in [6, 6.07) is 9.14. The van der Waals surface area contributed by atoms with E-state index in [0.29, 0.717) is 0 Å². The first kappa shape index (κ1) is 10.1. The van der Waals surface area contributed by atoms with E-state index < -0.39 is 16.3 Å². The highest BCUT2D eigenvalue weighted by atomic mass is 16.6. The third-order valence-corrected chi connectivity index (χ3v) is 2.07. The second kappa shape index (κ2) is 3.97. The van der Waals surface area contributed by atoms with E-state index in [1.165, 1.54) is 0 Å². The topological polar surface area (TPSA) is 93.8 Å². The molecule has 0 amide bonds. The number of rotatable bonds is 3. The largest absolute Gasteiger partial charge is 0.456 e. The van der Waals surface area contributed by atoms with Gasteiger partial charge in [-0.15, -0.1) is 5.21 Å². The number of hydrogen-bond acceptors (Lipinski definition) is 4. The van der Waals surface area contributed by atoms with Crippen LogP contribution in [0.4, 0.5) is 5.82 Å². The second-order valence-electron chi connectivity index (χ2n) is 3.17. The van der Waals surface area contributed by atoms with Crippen LogP contribution in [-0.2, 0) is 6.54 Å². The van der Waals surface area contributed by atoms with Crippen molar-refractivity contribution in [2.75, 3.05) is 0 Å². The first-order chi connectivity index (χ1) is 7.68. The maximum atomic E-state index is 11.4. The molecule has 0 spiro atoms. The lowest BCUT2D eigenvalue weighted by atomic mass is 10.2. The average molecular weight is 220 g/mol. The van der Waals surface area contributed by atoms with Crippen LogP contribution < -0.4 is 5.56 Å². The van der Waals surface area contributed by atoms with E-state index in [9.17, 15) is 14.9 Å². The molecule has 0 radical (unpaired) electrons. The van der Waals surface area contributed by atoms with Gasteiger partial charge in [-0.05, 0) is 10.5 Å². The van der Waals surface area contributed by atoms with Gasteiger partial charge in [-0.3, -0.25) is 4.79 Å². The molecule has 0 saturated heterocycles. The molecule has 0 unspecified atom stereocenters. The van der Waals surface area contributed by atoms with Gasteiger partial charge in [0.05, 0.1) is 11.6 Å². The molecule has 0 aliphatic carbocycles. The number of aromatic amines is 1. The van der Waals surface area contributed by atoms with Crippen molar-refractivity contribution in [1.82, 2.24) is 15.0 Å². The van der Waals surface area contributed by atoms with Gasteiger partial charge in [0.15, 0.2) is 0 Å². The van der Waals surface area contributed by atoms with Crippen LogP contribution in [0.25, 0.3) is 0 Å². The fraction of sp³-hybridized carbons (Fsp3) is 0.111. The molecule has 7 nitrogen and oxygen atoms in total. The Kier molecular flexibility index (Phi) is 2.50. The normalized spacial score (nSPS) is 10.2. The fourth-order valence-electron chi connectivity index (χ4n) is 1.31. The Bertz CT molecular complexity index is 558. The number of nitro groups is 1. The zero-order valence-corrected chi connectivity index (χ0v) is 8.16. The van der Waals surface area contributed by atoms with E-state index in [-0.39, 0.29) is 6.54 Å². The fourth-order valence-corrected chi connectivity index (χ4v) is 1.31. The molecule has 7 heteroatoms. The number of aromatic nitrogens is 3. The monoisotopic (exact) mass is 220 g/mol. The molecule has 2 aromatic rings. The van der Waals surface area contributed by atoms with Crippen LogP contribution >= 0.6 is 0 Å². The SMILES string of the molecule is O=c1c([N+](=O)[O-])n[nH]n1Cc1ccccc1. The predicted octanol–water partition coefficient (Wildman–Crippen LogP) is 0.528. The Hall–Kier alpha value is -2.44. The standard InChI is InChI=1S/C9H8N4O3/c14-9-8(13(15)16)10-11-12(9)6-7-4-2-1-3-5-7/h1-5,11H,6H2. The lowest BCUT2D eigenvalue weighted by Crippen LogP contribution is -2.19. The molecule has 2 rings (SSSR count). The molecule has 0 saturated carbocycles. The molecular formula is C9H8N4O3. The minimum atomic E-state index is -0.805. The molecule has 0 bridgehead atoms. The number of nitrogens with zero attached hydrogens (tertiary/aromatic N) is 3. The van der Waals surface area contributed by atoms with Crippen molar-refractivity contribution in [1.29, 1.82) is 0 Å². The second-order valence-corrected chi connectivity index (χ2v) is 3.17. The van der Waals surface area contributed by atoms with Gasteiger partial charge in [0, 0.05) is 0 Å². The van der Waals surface area contributed by atoms with E-state index in [0.717, 1.165) is 10.2 Å².